The van der Waals surface area contributed by atoms with E-state index in [0.29, 0.717) is 12.3 Å². The van der Waals surface area contributed by atoms with Crippen molar-refractivity contribution >= 4 is 29.4 Å². The zero-order chi connectivity index (χ0) is 19.9. The van der Waals surface area contributed by atoms with Crippen molar-refractivity contribution in [1.82, 2.24) is 4.90 Å². The van der Waals surface area contributed by atoms with Crippen LogP contribution in [0.25, 0.3) is 0 Å². The second-order valence-electron chi connectivity index (χ2n) is 7.13. The van der Waals surface area contributed by atoms with E-state index in [0.717, 1.165) is 10.5 Å². The largest absolute Gasteiger partial charge is 0.477 e. The van der Waals surface area contributed by atoms with E-state index in [1.807, 2.05) is 31.5 Å². The van der Waals surface area contributed by atoms with E-state index in [-0.39, 0.29) is 29.3 Å². The number of aliphatic carboxylic acids is 1. The van der Waals surface area contributed by atoms with Gasteiger partial charge in [0.15, 0.2) is 18.2 Å². The summed E-state index contributed by atoms with van der Waals surface area (Å²) in [5.41, 5.74) is 0.777. The fraction of sp³-hybridized carbons (Fsp3) is 0.474. The van der Waals surface area contributed by atoms with Crippen molar-refractivity contribution in [2.45, 2.75) is 44.4 Å². The summed E-state index contributed by atoms with van der Waals surface area (Å²) in [6, 6.07) is 3.48. The first kappa shape index (κ1) is 19.6. The molecule has 27 heavy (non-hydrogen) atoms. The molecule has 0 spiro atoms. The van der Waals surface area contributed by atoms with Gasteiger partial charge >= 0.3 is 5.97 Å². The highest BCUT2D eigenvalue weighted by Gasteiger charge is 2.59. The van der Waals surface area contributed by atoms with Gasteiger partial charge in [0.05, 0.1) is 18.1 Å². The fourth-order valence-electron chi connectivity index (χ4n) is 3.90. The van der Waals surface area contributed by atoms with Gasteiger partial charge < -0.3 is 15.1 Å². The molecule has 0 bridgehead atoms. The van der Waals surface area contributed by atoms with Crippen LogP contribution in [0.2, 0.25) is 0 Å². The predicted molar refractivity (Wildman–Crippen MR) is 97.7 cm³/mol. The number of amides is 1. The average molecular weight is 391 g/mol. The number of carboxylic acids is 1. The van der Waals surface area contributed by atoms with Crippen molar-refractivity contribution in [3.05, 3.63) is 35.8 Å². The first-order valence-corrected chi connectivity index (χ1v) is 9.79. The van der Waals surface area contributed by atoms with E-state index >= 15 is 0 Å². The molecule has 0 unspecified atom stereocenters. The number of nitrogens with zero attached hydrogens (tertiary/aromatic N) is 2. The quantitative estimate of drug-likeness (QED) is 0.406. The van der Waals surface area contributed by atoms with Crippen LogP contribution in [0.3, 0.4) is 0 Å². The third kappa shape index (κ3) is 3.51. The number of carboxylic acid groups (broad SMARTS) is 1. The van der Waals surface area contributed by atoms with Gasteiger partial charge in [0.2, 0.25) is 12.5 Å². The number of hydrogen-bond acceptors (Lipinski definition) is 5. The number of aromatic nitrogens is 1. The molecule has 0 radical (unpaired) electrons. The number of pyridine rings is 1. The molecule has 144 valence electrons. The highest BCUT2D eigenvalue weighted by atomic mass is 32.2. The molecule has 7 nitrogen and oxygen atoms in total. The van der Waals surface area contributed by atoms with Gasteiger partial charge in [-0.05, 0) is 12.5 Å². The number of ketones is 1. The SMILES string of the molecule is CC(=O)C[n+]1ccc(SCC2=C(C(=O)O)N3C(=O)[C@H]([C@@H](C)O)[C@H]3[C@H]2C)cc1. The molecule has 1 fully saturated rings. The predicted octanol–water partition coefficient (Wildman–Crippen LogP) is 0.851. The third-order valence-corrected chi connectivity index (χ3v) is 6.24. The topological polar surface area (TPSA) is 98.8 Å². The normalized spacial score (nSPS) is 25.3. The van der Waals surface area contributed by atoms with Crippen LogP contribution >= 0.6 is 11.8 Å². The second kappa shape index (κ2) is 7.44. The van der Waals surface area contributed by atoms with Gasteiger partial charge in [-0.15, -0.1) is 11.8 Å². The lowest BCUT2D eigenvalue weighted by atomic mass is 9.78. The lowest BCUT2D eigenvalue weighted by Crippen LogP contribution is -2.63. The number of aliphatic hydroxyl groups excluding tert-OH is 1. The van der Waals surface area contributed by atoms with Crippen LogP contribution in [0.4, 0.5) is 0 Å². The fourth-order valence-corrected chi connectivity index (χ4v) is 4.93. The van der Waals surface area contributed by atoms with Gasteiger partial charge in [0.1, 0.15) is 5.70 Å². The molecule has 1 saturated heterocycles. The van der Waals surface area contributed by atoms with Crippen molar-refractivity contribution in [2.24, 2.45) is 11.8 Å². The smallest absolute Gasteiger partial charge is 0.352 e. The van der Waals surface area contributed by atoms with Crippen molar-refractivity contribution in [3.8, 4) is 0 Å². The molecule has 0 aliphatic carbocycles. The first-order valence-electron chi connectivity index (χ1n) is 8.81. The van der Waals surface area contributed by atoms with Gasteiger partial charge in [-0.2, -0.15) is 4.57 Å². The van der Waals surface area contributed by atoms with Gasteiger partial charge in [0.25, 0.3) is 0 Å². The summed E-state index contributed by atoms with van der Waals surface area (Å²) in [4.78, 5) is 37.5. The summed E-state index contributed by atoms with van der Waals surface area (Å²) in [7, 11) is 0. The number of thioether (sulfide) groups is 1. The minimum atomic E-state index is -1.11. The Hall–Kier alpha value is -2.19. The number of aliphatic hydroxyl groups is 1. The number of β-lactam (4-membered cyclic amide) rings is 1. The molecular weight excluding hydrogens is 368 g/mol. The summed E-state index contributed by atoms with van der Waals surface area (Å²) in [6.07, 6.45) is 2.83. The highest BCUT2D eigenvalue weighted by molar-refractivity contribution is 7.99. The van der Waals surface area contributed by atoms with Crippen LogP contribution in [0.1, 0.15) is 20.8 Å². The molecule has 0 saturated carbocycles. The number of Topliss-reactive ketones (excluding diaryl/α,β-unsaturated/α-hetero) is 1. The van der Waals surface area contributed by atoms with E-state index in [4.69, 9.17) is 0 Å². The van der Waals surface area contributed by atoms with Gasteiger partial charge in [0, 0.05) is 35.6 Å². The van der Waals surface area contributed by atoms with E-state index in [9.17, 15) is 24.6 Å². The molecule has 8 heteroatoms. The van der Waals surface area contributed by atoms with Crippen LogP contribution in [0, 0.1) is 11.8 Å². The number of carbonyl (C=O) groups excluding carboxylic acids is 2. The number of fused-ring (bicyclic) bond motifs is 1. The maximum Gasteiger partial charge on any atom is 0.352 e. The van der Waals surface area contributed by atoms with Gasteiger partial charge in [-0.3, -0.25) is 9.59 Å². The molecule has 4 atom stereocenters. The Labute approximate surface area is 161 Å². The molecule has 2 N–H and O–H groups in total. The van der Waals surface area contributed by atoms with Crippen molar-refractivity contribution in [2.75, 3.05) is 5.75 Å². The van der Waals surface area contributed by atoms with Crippen molar-refractivity contribution in [3.63, 3.8) is 0 Å². The zero-order valence-corrected chi connectivity index (χ0v) is 16.3. The Morgan fingerprint density at radius 1 is 1.33 bits per heavy atom. The maximum atomic E-state index is 12.3. The number of hydrogen-bond donors (Lipinski definition) is 2. The van der Waals surface area contributed by atoms with E-state index in [2.05, 4.69) is 0 Å². The molecule has 0 aromatic carbocycles. The van der Waals surface area contributed by atoms with E-state index < -0.39 is 18.0 Å². The molecule has 1 amide bonds. The molecule has 2 aliphatic rings. The summed E-state index contributed by atoms with van der Waals surface area (Å²) >= 11 is 1.49. The zero-order valence-electron chi connectivity index (χ0n) is 15.5. The Balaban J connectivity index is 1.76. The highest BCUT2D eigenvalue weighted by Crippen LogP contribution is 2.48. The number of carbonyl (C=O) groups is 3. The van der Waals surface area contributed by atoms with Crippen LogP contribution < -0.4 is 4.57 Å². The van der Waals surface area contributed by atoms with Crippen molar-refractivity contribution in [1.29, 1.82) is 0 Å². The Kier molecular flexibility index (Phi) is 5.39. The summed E-state index contributed by atoms with van der Waals surface area (Å²) in [5.74, 6) is -1.56. The first-order chi connectivity index (χ1) is 12.7. The van der Waals surface area contributed by atoms with Crippen LogP contribution in [-0.4, -0.2) is 50.7 Å². The monoisotopic (exact) mass is 391 g/mol. The average Bonchev–Trinajstić information content (AvgIpc) is 2.82. The van der Waals surface area contributed by atoms with Crippen molar-refractivity contribution < 1.29 is 29.2 Å². The molecule has 2 aliphatic heterocycles. The van der Waals surface area contributed by atoms with Crippen LogP contribution in [-0.2, 0) is 20.9 Å². The van der Waals surface area contributed by atoms with Crippen LogP contribution in [0.5, 0.6) is 0 Å². The number of rotatable bonds is 7. The minimum Gasteiger partial charge on any atom is -0.477 e. The Morgan fingerprint density at radius 3 is 2.48 bits per heavy atom. The maximum absolute atomic E-state index is 12.3. The second-order valence-corrected chi connectivity index (χ2v) is 8.18. The lowest BCUT2D eigenvalue weighted by molar-refractivity contribution is -0.684. The molecule has 1 aromatic rings. The summed E-state index contributed by atoms with van der Waals surface area (Å²) in [5, 5.41) is 19.5. The van der Waals surface area contributed by atoms with Gasteiger partial charge in [-0.1, -0.05) is 6.92 Å². The summed E-state index contributed by atoms with van der Waals surface area (Å²) < 4.78 is 1.78. The molecular formula is C19H23N2O5S+. The molecule has 3 heterocycles. The third-order valence-electron chi connectivity index (χ3n) is 5.18. The van der Waals surface area contributed by atoms with Crippen LogP contribution in [0.15, 0.2) is 40.7 Å². The van der Waals surface area contributed by atoms with Gasteiger partial charge in [-0.25, -0.2) is 4.79 Å². The summed E-state index contributed by atoms with van der Waals surface area (Å²) in [6.45, 7) is 5.33. The lowest BCUT2D eigenvalue weighted by Gasteiger charge is -2.46. The Bertz CT molecular complexity index is 818. The molecule has 1 aromatic heterocycles. The van der Waals surface area contributed by atoms with E-state index in [1.165, 1.54) is 23.6 Å². The molecule has 3 rings (SSSR count). The van der Waals surface area contributed by atoms with E-state index in [1.54, 1.807) is 11.5 Å². The Morgan fingerprint density at radius 2 is 1.96 bits per heavy atom. The standard InChI is InChI=1S/C19H22N2O5S/c1-10(22)8-20-6-4-13(5-7-20)27-9-14-11(2)16-15(12(3)23)18(24)21(16)17(14)19(25)26/h4-7,11-12,15-16,23H,8-9H2,1-3H3/p+1/t11-,12+,15+,16+/m0/s1. The minimum absolute atomic E-state index is 0.0597.